The van der Waals surface area contributed by atoms with E-state index in [0.717, 1.165) is 70.5 Å². The molecule has 1 amide bonds. The first-order valence-corrected chi connectivity index (χ1v) is 12.7. The third kappa shape index (κ3) is 9.33. The quantitative estimate of drug-likeness (QED) is 0.435. The lowest BCUT2D eigenvalue weighted by atomic mass is 10.2. The molecule has 3 N–H and O–H groups in total. The lowest BCUT2D eigenvalue weighted by Crippen LogP contribution is -2.53. The number of carbonyl (C=O) groups excluding carboxylic acids is 1. The predicted molar refractivity (Wildman–Crippen MR) is 143 cm³/mol. The summed E-state index contributed by atoms with van der Waals surface area (Å²) >= 11 is 0. The highest BCUT2D eigenvalue weighted by molar-refractivity contribution is 6.27. The maximum Gasteiger partial charge on any atom is 0.414 e. The van der Waals surface area contributed by atoms with Crippen LogP contribution in [-0.2, 0) is 19.1 Å². The molecule has 38 heavy (non-hydrogen) atoms. The Bertz CT molecular complexity index is 1010. The molecule has 0 spiro atoms. The fraction of sp³-hybridized carbons (Fsp3) is 0.444. The molecule has 1 atom stereocenters. The molecule has 0 radical (unpaired) electrons. The molecule has 0 bridgehead atoms. The van der Waals surface area contributed by atoms with Gasteiger partial charge in [0.1, 0.15) is 12.4 Å². The van der Waals surface area contributed by atoms with Crippen LogP contribution in [0.2, 0.25) is 0 Å². The number of hydrogen-bond donors (Lipinski definition) is 3. The Balaban J connectivity index is 0.000000599. The van der Waals surface area contributed by atoms with E-state index in [1.165, 1.54) is 5.69 Å². The van der Waals surface area contributed by atoms with Gasteiger partial charge in [-0.15, -0.1) is 0 Å². The second kappa shape index (κ2) is 14.9. The van der Waals surface area contributed by atoms with Crippen LogP contribution in [0, 0.1) is 0 Å². The number of benzene rings is 2. The van der Waals surface area contributed by atoms with Crippen molar-refractivity contribution in [3.8, 4) is 5.75 Å². The standard InChI is InChI=1S/C25H34N4O3.C2H2O4/c1-21(25(30)26-22-7-9-23(10-8-22)29-16-18-31-19-17-29)28-13-11-27(12-14-28)15-20-32-24-5-3-2-4-6-24;3-1(4)2(5)6/h2-10,21H,11-20H2,1H3,(H,26,30);(H,3,4)(H,5,6). The number of ether oxygens (including phenoxy) is 2. The Morgan fingerprint density at radius 2 is 1.50 bits per heavy atom. The third-order valence-electron chi connectivity index (χ3n) is 6.45. The van der Waals surface area contributed by atoms with Gasteiger partial charge in [-0.2, -0.15) is 0 Å². The fourth-order valence-corrected chi connectivity index (χ4v) is 4.17. The monoisotopic (exact) mass is 528 g/mol. The van der Waals surface area contributed by atoms with Crippen molar-refractivity contribution in [2.75, 3.05) is 75.9 Å². The van der Waals surface area contributed by atoms with Crippen LogP contribution in [0.1, 0.15) is 6.92 Å². The molecule has 1 unspecified atom stereocenters. The molecule has 11 heteroatoms. The number of carboxylic acid groups (broad SMARTS) is 2. The number of morpholine rings is 1. The van der Waals surface area contributed by atoms with Gasteiger partial charge in [0.25, 0.3) is 0 Å². The van der Waals surface area contributed by atoms with Gasteiger partial charge in [0.2, 0.25) is 5.91 Å². The number of carbonyl (C=O) groups is 3. The Morgan fingerprint density at radius 1 is 0.895 bits per heavy atom. The zero-order valence-corrected chi connectivity index (χ0v) is 21.6. The number of amides is 1. The van der Waals surface area contributed by atoms with Gasteiger partial charge in [-0.25, -0.2) is 9.59 Å². The minimum absolute atomic E-state index is 0.0463. The summed E-state index contributed by atoms with van der Waals surface area (Å²) in [5, 5.41) is 17.9. The molecule has 2 aromatic rings. The summed E-state index contributed by atoms with van der Waals surface area (Å²) in [6, 6.07) is 17.9. The topological polar surface area (TPSA) is 132 Å². The number of piperazine rings is 1. The van der Waals surface area contributed by atoms with Crippen molar-refractivity contribution in [3.05, 3.63) is 54.6 Å². The second-order valence-corrected chi connectivity index (χ2v) is 8.96. The van der Waals surface area contributed by atoms with Crippen LogP contribution < -0.4 is 15.0 Å². The average Bonchev–Trinajstić information content (AvgIpc) is 2.95. The highest BCUT2D eigenvalue weighted by atomic mass is 16.5. The largest absolute Gasteiger partial charge is 0.492 e. The van der Waals surface area contributed by atoms with Crippen LogP contribution in [-0.4, -0.2) is 110 Å². The molecule has 4 rings (SSSR count). The van der Waals surface area contributed by atoms with Crippen molar-refractivity contribution >= 4 is 29.2 Å². The first-order valence-electron chi connectivity index (χ1n) is 12.7. The van der Waals surface area contributed by atoms with E-state index in [2.05, 4.69) is 32.1 Å². The SMILES string of the molecule is CC(C(=O)Nc1ccc(N2CCOCC2)cc1)N1CCN(CCOc2ccccc2)CC1.O=C(O)C(=O)O. The molecule has 2 saturated heterocycles. The number of para-hydroxylation sites is 1. The Labute approximate surface area is 222 Å². The maximum atomic E-state index is 12.8. The molecule has 0 aliphatic carbocycles. The minimum atomic E-state index is -1.82. The van der Waals surface area contributed by atoms with Crippen LogP contribution in [0.5, 0.6) is 5.75 Å². The fourth-order valence-electron chi connectivity index (χ4n) is 4.17. The van der Waals surface area contributed by atoms with Crippen LogP contribution in [0.3, 0.4) is 0 Å². The summed E-state index contributed by atoms with van der Waals surface area (Å²) in [6.45, 7) is 10.6. The van der Waals surface area contributed by atoms with E-state index in [1.54, 1.807) is 0 Å². The lowest BCUT2D eigenvalue weighted by molar-refractivity contribution is -0.159. The number of aliphatic carboxylic acids is 2. The molecular formula is C27H36N4O7. The molecule has 2 aliphatic heterocycles. The van der Waals surface area contributed by atoms with Gasteiger partial charge in [-0.3, -0.25) is 14.6 Å². The van der Waals surface area contributed by atoms with Gasteiger partial charge >= 0.3 is 11.9 Å². The van der Waals surface area contributed by atoms with E-state index >= 15 is 0 Å². The average molecular weight is 529 g/mol. The second-order valence-electron chi connectivity index (χ2n) is 8.96. The highest BCUT2D eigenvalue weighted by Crippen LogP contribution is 2.19. The van der Waals surface area contributed by atoms with E-state index in [1.807, 2.05) is 49.4 Å². The molecule has 2 heterocycles. The number of nitrogens with one attached hydrogen (secondary N) is 1. The molecule has 2 aliphatic rings. The van der Waals surface area contributed by atoms with Crippen molar-refractivity contribution in [2.24, 2.45) is 0 Å². The molecular weight excluding hydrogens is 492 g/mol. The van der Waals surface area contributed by atoms with Crippen molar-refractivity contribution in [2.45, 2.75) is 13.0 Å². The van der Waals surface area contributed by atoms with E-state index in [-0.39, 0.29) is 11.9 Å². The smallest absolute Gasteiger partial charge is 0.414 e. The summed E-state index contributed by atoms with van der Waals surface area (Å²) in [5.41, 5.74) is 2.02. The molecule has 206 valence electrons. The zero-order chi connectivity index (χ0) is 27.3. The van der Waals surface area contributed by atoms with Gasteiger partial charge in [0.15, 0.2) is 0 Å². The number of anilines is 2. The van der Waals surface area contributed by atoms with Crippen molar-refractivity contribution in [1.29, 1.82) is 0 Å². The molecule has 11 nitrogen and oxygen atoms in total. The summed E-state index contributed by atoms with van der Waals surface area (Å²) in [5.74, 6) is -2.69. The predicted octanol–water partition coefficient (Wildman–Crippen LogP) is 1.70. The van der Waals surface area contributed by atoms with Crippen LogP contribution >= 0.6 is 0 Å². The number of rotatable bonds is 8. The minimum Gasteiger partial charge on any atom is -0.492 e. The van der Waals surface area contributed by atoms with Gasteiger partial charge in [0, 0.05) is 57.2 Å². The van der Waals surface area contributed by atoms with Gasteiger partial charge < -0.3 is 29.9 Å². The van der Waals surface area contributed by atoms with E-state index in [9.17, 15) is 4.79 Å². The van der Waals surface area contributed by atoms with Crippen LogP contribution in [0.4, 0.5) is 11.4 Å². The molecule has 2 fully saturated rings. The number of hydrogen-bond acceptors (Lipinski definition) is 8. The van der Waals surface area contributed by atoms with Crippen LogP contribution in [0.25, 0.3) is 0 Å². The van der Waals surface area contributed by atoms with Crippen molar-refractivity contribution in [3.63, 3.8) is 0 Å². The Morgan fingerprint density at radius 3 is 2.08 bits per heavy atom. The van der Waals surface area contributed by atoms with Gasteiger partial charge in [-0.1, -0.05) is 18.2 Å². The summed E-state index contributed by atoms with van der Waals surface area (Å²) in [7, 11) is 0. The van der Waals surface area contributed by atoms with Crippen LogP contribution in [0.15, 0.2) is 54.6 Å². The Hall–Kier alpha value is -3.67. The van der Waals surface area contributed by atoms with Gasteiger partial charge in [0.05, 0.1) is 19.3 Å². The number of carboxylic acids is 2. The van der Waals surface area contributed by atoms with Crippen molar-refractivity contribution in [1.82, 2.24) is 9.80 Å². The highest BCUT2D eigenvalue weighted by Gasteiger charge is 2.25. The van der Waals surface area contributed by atoms with Crippen molar-refractivity contribution < 1.29 is 34.1 Å². The summed E-state index contributed by atoms with van der Waals surface area (Å²) in [4.78, 5) is 38.0. The molecule has 0 saturated carbocycles. The third-order valence-corrected chi connectivity index (χ3v) is 6.45. The van der Waals surface area contributed by atoms with E-state index < -0.39 is 11.9 Å². The summed E-state index contributed by atoms with van der Waals surface area (Å²) in [6.07, 6.45) is 0. The first kappa shape index (κ1) is 28.9. The first-order chi connectivity index (χ1) is 18.3. The van der Waals surface area contributed by atoms with E-state index in [4.69, 9.17) is 29.3 Å². The summed E-state index contributed by atoms with van der Waals surface area (Å²) < 4.78 is 11.2. The molecule has 2 aromatic carbocycles. The zero-order valence-electron chi connectivity index (χ0n) is 21.6. The normalized spacial score (nSPS) is 17.0. The van der Waals surface area contributed by atoms with E-state index in [0.29, 0.717) is 6.61 Å². The number of nitrogens with zero attached hydrogens (tertiary/aromatic N) is 3. The molecule has 0 aromatic heterocycles. The van der Waals surface area contributed by atoms with Gasteiger partial charge in [-0.05, 0) is 43.3 Å². The lowest BCUT2D eigenvalue weighted by Gasteiger charge is -2.37. The Kier molecular flexibility index (Phi) is 11.3. The maximum absolute atomic E-state index is 12.8.